The minimum absolute atomic E-state index is 0.0533. The molecule has 1 N–H and O–H groups in total. The summed E-state index contributed by atoms with van der Waals surface area (Å²) in [6.45, 7) is 3.71. The summed E-state index contributed by atoms with van der Waals surface area (Å²) in [5.41, 5.74) is 0.641. The van der Waals surface area contributed by atoms with Crippen LogP contribution in [-0.4, -0.2) is 48.3 Å². The van der Waals surface area contributed by atoms with Crippen LogP contribution < -0.4 is 19.8 Å². The molecule has 4 aromatic rings. The van der Waals surface area contributed by atoms with E-state index < -0.39 is 0 Å². The van der Waals surface area contributed by atoms with Gasteiger partial charge in [0.05, 0.1) is 18.1 Å². The largest absolute Gasteiger partial charge is 0.507 e. The molecule has 8 heteroatoms. The van der Waals surface area contributed by atoms with Gasteiger partial charge >= 0.3 is 0 Å². The third-order valence-electron chi connectivity index (χ3n) is 6.00. The molecule has 0 radical (unpaired) electrons. The number of piperazine rings is 1. The number of hydrogen-bond acceptors (Lipinski definition) is 8. The highest BCUT2D eigenvalue weighted by molar-refractivity contribution is 5.83. The van der Waals surface area contributed by atoms with E-state index in [2.05, 4.69) is 14.8 Å². The van der Waals surface area contributed by atoms with Crippen LogP contribution in [0, 0.1) is 0 Å². The molecule has 2 aromatic heterocycles. The molecule has 1 fully saturated rings. The Morgan fingerprint density at radius 2 is 1.74 bits per heavy atom. The number of nitrogens with zero attached hydrogens (tertiary/aromatic N) is 3. The zero-order valence-corrected chi connectivity index (χ0v) is 18.8. The van der Waals surface area contributed by atoms with Crippen molar-refractivity contribution in [3.63, 3.8) is 0 Å². The first kappa shape index (κ1) is 21.8. The van der Waals surface area contributed by atoms with Crippen molar-refractivity contribution in [1.29, 1.82) is 0 Å². The summed E-state index contributed by atoms with van der Waals surface area (Å²) < 4.78 is 16.9. The standard InChI is InChI=1S/C26H25N3O5/c1-32-21-6-2-3-7-22(21)34-23-17-33-26-18(25(23)31)9-10-20(30)19(26)16-28-12-14-29(15-13-28)24-8-4-5-11-27-24/h2-11,17,30H,12-16H2,1H3. The van der Waals surface area contributed by atoms with Gasteiger partial charge in [-0.1, -0.05) is 18.2 Å². The average Bonchev–Trinajstić information content (AvgIpc) is 2.88. The minimum atomic E-state index is -0.312. The smallest absolute Gasteiger partial charge is 0.235 e. The highest BCUT2D eigenvalue weighted by Crippen LogP contribution is 2.32. The molecule has 34 heavy (non-hydrogen) atoms. The minimum Gasteiger partial charge on any atom is -0.507 e. The fourth-order valence-electron chi connectivity index (χ4n) is 4.17. The third kappa shape index (κ3) is 4.27. The molecule has 5 rings (SSSR count). The number of pyridine rings is 1. The highest BCUT2D eigenvalue weighted by atomic mass is 16.5. The van der Waals surface area contributed by atoms with Crippen LogP contribution in [0.25, 0.3) is 11.0 Å². The molecule has 1 aliphatic rings. The Labute approximate surface area is 196 Å². The summed E-state index contributed by atoms with van der Waals surface area (Å²) in [5.74, 6) is 2.04. The van der Waals surface area contributed by atoms with Crippen LogP contribution in [0.15, 0.2) is 76.3 Å². The van der Waals surface area contributed by atoms with Gasteiger partial charge in [0.2, 0.25) is 11.2 Å². The number of anilines is 1. The maximum atomic E-state index is 13.2. The SMILES string of the molecule is COc1ccccc1Oc1coc2c(CN3CCN(c4ccccn4)CC3)c(O)ccc2c1=O. The number of hydrogen-bond donors (Lipinski definition) is 1. The second-order valence-corrected chi connectivity index (χ2v) is 8.07. The van der Waals surface area contributed by atoms with Gasteiger partial charge < -0.3 is 23.9 Å². The number of para-hydroxylation sites is 2. The predicted molar refractivity (Wildman–Crippen MR) is 129 cm³/mol. The van der Waals surface area contributed by atoms with Crippen LogP contribution in [-0.2, 0) is 6.54 Å². The first-order valence-electron chi connectivity index (χ1n) is 11.1. The quantitative estimate of drug-likeness (QED) is 0.463. The summed E-state index contributed by atoms with van der Waals surface area (Å²) in [5, 5.41) is 10.9. The molecule has 1 aliphatic heterocycles. The lowest BCUT2D eigenvalue weighted by molar-refractivity contribution is 0.246. The van der Waals surface area contributed by atoms with E-state index in [4.69, 9.17) is 13.9 Å². The number of aromatic hydroxyl groups is 1. The zero-order chi connectivity index (χ0) is 23.5. The van der Waals surface area contributed by atoms with Gasteiger partial charge in [0.1, 0.15) is 23.4 Å². The topological polar surface area (TPSA) is 88.3 Å². The number of aromatic nitrogens is 1. The Morgan fingerprint density at radius 3 is 2.47 bits per heavy atom. The molecule has 2 aromatic carbocycles. The van der Waals surface area contributed by atoms with Crippen LogP contribution in [0.5, 0.6) is 23.0 Å². The molecule has 0 saturated carbocycles. The van der Waals surface area contributed by atoms with E-state index in [0.29, 0.717) is 34.6 Å². The number of phenols is 1. The molecule has 0 aliphatic carbocycles. The van der Waals surface area contributed by atoms with Gasteiger partial charge in [0, 0.05) is 38.9 Å². The average molecular weight is 460 g/mol. The molecule has 0 atom stereocenters. The monoisotopic (exact) mass is 459 g/mol. The fourth-order valence-corrected chi connectivity index (χ4v) is 4.17. The summed E-state index contributed by atoms with van der Waals surface area (Å²) in [6.07, 6.45) is 3.09. The van der Waals surface area contributed by atoms with Crippen molar-refractivity contribution in [2.45, 2.75) is 6.54 Å². The Balaban J connectivity index is 1.38. The lowest BCUT2D eigenvalue weighted by Crippen LogP contribution is -2.46. The van der Waals surface area contributed by atoms with Crippen molar-refractivity contribution >= 4 is 16.8 Å². The zero-order valence-electron chi connectivity index (χ0n) is 18.8. The van der Waals surface area contributed by atoms with Gasteiger partial charge in [-0.05, 0) is 36.4 Å². The Morgan fingerprint density at radius 1 is 0.971 bits per heavy atom. The molecule has 0 spiro atoms. The molecule has 8 nitrogen and oxygen atoms in total. The van der Waals surface area contributed by atoms with E-state index >= 15 is 0 Å². The summed E-state index contributed by atoms with van der Waals surface area (Å²) >= 11 is 0. The van der Waals surface area contributed by atoms with Crippen LogP contribution >= 0.6 is 0 Å². The van der Waals surface area contributed by atoms with Crippen molar-refractivity contribution in [1.82, 2.24) is 9.88 Å². The second-order valence-electron chi connectivity index (χ2n) is 8.07. The van der Waals surface area contributed by atoms with E-state index in [0.717, 1.165) is 32.0 Å². The Hall–Kier alpha value is -4.04. The van der Waals surface area contributed by atoms with Crippen LogP contribution in [0.1, 0.15) is 5.56 Å². The van der Waals surface area contributed by atoms with E-state index in [1.807, 2.05) is 24.3 Å². The van der Waals surface area contributed by atoms with Crippen molar-refractivity contribution in [3.05, 3.63) is 82.8 Å². The number of fused-ring (bicyclic) bond motifs is 1. The van der Waals surface area contributed by atoms with Crippen molar-refractivity contribution < 1.29 is 19.0 Å². The van der Waals surface area contributed by atoms with Crippen LogP contribution in [0.3, 0.4) is 0 Å². The molecular weight excluding hydrogens is 434 g/mol. The Kier molecular flexibility index (Phi) is 6.05. The van der Waals surface area contributed by atoms with Crippen LogP contribution in [0.4, 0.5) is 5.82 Å². The third-order valence-corrected chi connectivity index (χ3v) is 6.00. The highest BCUT2D eigenvalue weighted by Gasteiger charge is 2.22. The van der Waals surface area contributed by atoms with Gasteiger partial charge in [0.15, 0.2) is 11.5 Å². The number of benzene rings is 2. The number of ether oxygens (including phenoxy) is 2. The van der Waals surface area contributed by atoms with E-state index in [-0.39, 0.29) is 16.9 Å². The second kappa shape index (κ2) is 9.44. The Bertz CT molecular complexity index is 1350. The molecule has 0 unspecified atom stereocenters. The number of phenolic OH excluding ortho intramolecular Hbond substituents is 1. The van der Waals surface area contributed by atoms with Gasteiger partial charge in [-0.3, -0.25) is 9.69 Å². The normalized spacial score (nSPS) is 14.3. The fraction of sp³-hybridized carbons (Fsp3) is 0.231. The molecule has 174 valence electrons. The molecule has 1 saturated heterocycles. The first-order valence-corrected chi connectivity index (χ1v) is 11.1. The van der Waals surface area contributed by atoms with Crippen LogP contribution in [0.2, 0.25) is 0 Å². The van der Waals surface area contributed by atoms with E-state index in [1.165, 1.54) is 19.4 Å². The maximum Gasteiger partial charge on any atom is 0.235 e. The number of methoxy groups -OCH3 is 1. The van der Waals surface area contributed by atoms with Crippen molar-refractivity contribution in [3.8, 4) is 23.0 Å². The predicted octanol–water partition coefficient (Wildman–Crippen LogP) is 4.02. The molecular formula is C26H25N3O5. The first-order chi connectivity index (χ1) is 16.6. The maximum absolute atomic E-state index is 13.2. The number of rotatable bonds is 6. The lowest BCUT2D eigenvalue weighted by Gasteiger charge is -2.35. The summed E-state index contributed by atoms with van der Waals surface area (Å²) in [7, 11) is 1.54. The molecule has 0 amide bonds. The van der Waals surface area contributed by atoms with E-state index in [1.54, 1.807) is 30.5 Å². The van der Waals surface area contributed by atoms with Gasteiger partial charge in [-0.15, -0.1) is 0 Å². The summed E-state index contributed by atoms with van der Waals surface area (Å²) in [4.78, 5) is 22.0. The molecule has 3 heterocycles. The van der Waals surface area contributed by atoms with Gasteiger partial charge in [-0.2, -0.15) is 0 Å². The summed E-state index contributed by atoms with van der Waals surface area (Å²) in [6, 6.07) is 16.1. The molecule has 0 bridgehead atoms. The van der Waals surface area contributed by atoms with Gasteiger partial charge in [0.25, 0.3) is 0 Å². The lowest BCUT2D eigenvalue weighted by atomic mass is 10.1. The van der Waals surface area contributed by atoms with Gasteiger partial charge in [-0.25, -0.2) is 4.98 Å². The van der Waals surface area contributed by atoms with Crippen molar-refractivity contribution in [2.24, 2.45) is 0 Å². The van der Waals surface area contributed by atoms with Crippen molar-refractivity contribution in [2.75, 3.05) is 38.2 Å². The van der Waals surface area contributed by atoms with E-state index in [9.17, 15) is 9.90 Å².